The molecule has 5 aliphatic rings. The summed E-state index contributed by atoms with van der Waals surface area (Å²) in [7, 11) is -2.32. The molecular formula is C42H58N6O10S. The van der Waals surface area contributed by atoms with E-state index in [-0.39, 0.29) is 45.1 Å². The maximum atomic E-state index is 15.0. The Kier molecular flexibility index (Phi) is 12.3. The van der Waals surface area contributed by atoms with Crippen molar-refractivity contribution in [2.24, 2.45) is 17.3 Å². The molecule has 4 amide bonds. The molecule has 2 aromatic rings. The normalized spacial score (nSPS) is 27.7. The third-order valence-electron chi connectivity index (χ3n) is 12.5. The summed E-state index contributed by atoms with van der Waals surface area (Å²) in [4.78, 5) is 62.9. The van der Waals surface area contributed by atoms with Gasteiger partial charge in [-0.15, -0.1) is 6.58 Å². The van der Waals surface area contributed by atoms with E-state index in [1.165, 1.54) is 11.0 Å². The number of cyclic esters (lactones) is 1. The van der Waals surface area contributed by atoms with Crippen LogP contribution < -0.4 is 30.1 Å². The molecule has 1 saturated heterocycles. The number of aliphatic hydroxyl groups excluding tert-OH is 1. The van der Waals surface area contributed by atoms with Crippen molar-refractivity contribution in [1.29, 1.82) is 0 Å². The summed E-state index contributed by atoms with van der Waals surface area (Å²) in [5.74, 6) is -1.17. The first kappa shape index (κ1) is 42.5. The van der Waals surface area contributed by atoms with Gasteiger partial charge in [-0.25, -0.2) is 18.2 Å². The number of nitrogens with zero attached hydrogens (tertiary/aromatic N) is 2. The van der Waals surface area contributed by atoms with Gasteiger partial charge in [-0.2, -0.15) is 0 Å². The SMILES string of the molecule is C=C[C@@H]1C[C@]1(NC(=O)[C@@H]1C[C@@H]2CN1C(=O)[C@H](C1CCCCC1)NC(=O)OCC(C)(C)CCCc1cc3c(cc(NCCO)nc3cc1OC)O2)C(=O)NS(=O)(=O)C1CC1. The number of rotatable bonds is 11. The number of hydrogen-bond acceptors (Lipinski definition) is 12. The molecule has 1 aromatic carbocycles. The summed E-state index contributed by atoms with van der Waals surface area (Å²) in [6.07, 6.45) is 7.45. The standard InChI is InChI=1S/C42H58N6O10S/c1-5-27-22-42(27,39(52)47-59(54,55)29-13-14-29)46-37(50)32-19-28-23-48(32)38(51)36(25-10-7-6-8-11-25)45-40(53)57-24-41(2,3)15-9-12-26-18-30-31(20-33(26)56-4)44-35(43-16-17-49)21-34(30)58-28/h5,18,20-21,25,27-29,32,36,49H,1,6-17,19,22-24H2,2-4H3,(H,43,44)(H,45,53)(H,46,50)(H,47,52)/t27-,28-,32+,36+,42-/m1/s1. The quantitative estimate of drug-likeness (QED) is 0.205. The minimum atomic E-state index is -3.92. The third-order valence-corrected chi connectivity index (χ3v) is 14.4. The van der Waals surface area contributed by atoms with Gasteiger partial charge in [0.15, 0.2) is 0 Å². The molecule has 5 N–H and O–H groups in total. The Balaban J connectivity index is 1.27. The number of anilines is 1. The van der Waals surface area contributed by atoms with Crippen LogP contribution in [0.4, 0.5) is 10.6 Å². The van der Waals surface area contributed by atoms with E-state index < -0.39 is 74.1 Å². The molecule has 0 unspecified atom stereocenters. The van der Waals surface area contributed by atoms with Crippen LogP contribution in [0, 0.1) is 17.3 Å². The highest BCUT2D eigenvalue weighted by Crippen LogP contribution is 2.46. The molecule has 4 fully saturated rings. The molecule has 59 heavy (non-hydrogen) atoms. The summed E-state index contributed by atoms with van der Waals surface area (Å²) < 4.78 is 46.2. The Bertz CT molecular complexity index is 2070. The molecule has 322 valence electrons. The minimum absolute atomic E-state index is 0.0245. The predicted octanol–water partition coefficient (Wildman–Crippen LogP) is 3.70. The summed E-state index contributed by atoms with van der Waals surface area (Å²) in [6.45, 7) is 8.05. The van der Waals surface area contributed by atoms with E-state index in [1.54, 1.807) is 13.2 Å². The van der Waals surface area contributed by atoms with E-state index in [1.807, 2.05) is 26.0 Å². The monoisotopic (exact) mass is 838 g/mol. The van der Waals surface area contributed by atoms with Crippen LogP contribution in [-0.2, 0) is 35.6 Å². The number of methoxy groups -OCH3 is 1. The number of carbonyl (C=O) groups is 4. The largest absolute Gasteiger partial charge is 0.496 e. The molecule has 17 heteroatoms. The maximum absolute atomic E-state index is 15.0. The zero-order chi connectivity index (χ0) is 42.1. The van der Waals surface area contributed by atoms with Crippen molar-refractivity contribution >= 4 is 50.6 Å². The first-order chi connectivity index (χ1) is 28.2. The number of carbonyl (C=O) groups excluding carboxylic acids is 4. The van der Waals surface area contributed by atoms with Crippen molar-refractivity contribution in [3.63, 3.8) is 0 Å². The molecule has 7 rings (SSSR count). The fraction of sp³-hybridized carbons (Fsp3) is 0.643. The number of aryl methyl sites for hydroxylation is 1. The van der Waals surface area contributed by atoms with Gasteiger partial charge in [0.1, 0.15) is 41.0 Å². The Morgan fingerprint density at radius 2 is 1.88 bits per heavy atom. The summed E-state index contributed by atoms with van der Waals surface area (Å²) in [6, 6.07) is 3.41. The Morgan fingerprint density at radius 1 is 1.12 bits per heavy atom. The number of pyridine rings is 1. The summed E-state index contributed by atoms with van der Waals surface area (Å²) in [5.41, 5.74) is -0.465. The first-order valence-corrected chi connectivity index (χ1v) is 22.5. The van der Waals surface area contributed by atoms with Gasteiger partial charge in [-0.05, 0) is 74.3 Å². The average molecular weight is 839 g/mol. The first-order valence-electron chi connectivity index (χ1n) is 20.9. The molecule has 3 saturated carbocycles. The molecular weight excluding hydrogens is 781 g/mol. The maximum Gasteiger partial charge on any atom is 0.407 e. The van der Waals surface area contributed by atoms with E-state index in [0.29, 0.717) is 60.3 Å². The Labute approximate surface area is 345 Å². The Hall–Kier alpha value is -4.64. The summed E-state index contributed by atoms with van der Waals surface area (Å²) >= 11 is 0. The van der Waals surface area contributed by atoms with Crippen LogP contribution in [0.15, 0.2) is 30.9 Å². The molecule has 3 heterocycles. The number of sulfonamides is 1. The molecule has 16 nitrogen and oxygen atoms in total. The van der Waals surface area contributed by atoms with Gasteiger partial charge in [0.05, 0.1) is 37.6 Å². The predicted molar refractivity (Wildman–Crippen MR) is 219 cm³/mol. The van der Waals surface area contributed by atoms with Crippen LogP contribution in [0.2, 0.25) is 0 Å². The van der Waals surface area contributed by atoms with Gasteiger partial charge in [-0.3, -0.25) is 19.1 Å². The summed E-state index contributed by atoms with van der Waals surface area (Å²) in [5, 5.41) is 18.5. The molecule has 3 aliphatic carbocycles. The van der Waals surface area contributed by atoms with Crippen LogP contribution >= 0.6 is 0 Å². The van der Waals surface area contributed by atoms with Gasteiger partial charge >= 0.3 is 6.09 Å². The smallest absolute Gasteiger partial charge is 0.407 e. The molecule has 1 aromatic heterocycles. The second-order valence-electron chi connectivity index (χ2n) is 17.6. The second-order valence-corrected chi connectivity index (χ2v) is 19.6. The lowest BCUT2D eigenvalue weighted by Crippen LogP contribution is -2.59. The number of benzene rings is 1. The number of fused-ring (bicyclic) bond motifs is 3. The molecule has 2 aliphatic heterocycles. The number of aliphatic hydroxyl groups is 1. The van der Waals surface area contributed by atoms with Crippen LogP contribution in [-0.4, -0.2) is 110 Å². The van der Waals surface area contributed by atoms with Crippen molar-refractivity contribution in [3.8, 4) is 11.5 Å². The van der Waals surface area contributed by atoms with Crippen LogP contribution in [0.5, 0.6) is 11.5 Å². The molecule has 5 atom stereocenters. The number of hydrogen-bond donors (Lipinski definition) is 5. The number of alkyl carbamates (subject to hydrolysis) is 1. The zero-order valence-electron chi connectivity index (χ0n) is 34.2. The molecule has 0 radical (unpaired) electrons. The number of aromatic nitrogens is 1. The number of amides is 4. The van der Waals surface area contributed by atoms with Crippen molar-refractivity contribution in [1.82, 2.24) is 25.2 Å². The zero-order valence-corrected chi connectivity index (χ0v) is 35.0. The fourth-order valence-electron chi connectivity index (χ4n) is 8.89. The van der Waals surface area contributed by atoms with E-state index in [0.717, 1.165) is 37.7 Å². The average Bonchev–Trinajstić information content (AvgIpc) is 4.14. The van der Waals surface area contributed by atoms with Gasteiger partial charge in [0, 0.05) is 36.4 Å². The minimum Gasteiger partial charge on any atom is -0.496 e. The second kappa shape index (κ2) is 17.1. The van der Waals surface area contributed by atoms with E-state index >= 15 is 0 Å². The number of nitrogens with one attached hydrogen (secondary N) is 4. The van der Waals surface area contributed by atoms with Crippen molar-refractivity contribution in [2.75, 3.05) is 38.7 Å². The fourth-order valence-corrected chi connectivity index (χ4v) is 10.2. The molecule has 4 bridgehead atoms. The highest BCUT2D eigenvalue weighted by molar-refractivity contribution is 7.91. The topological polar surface area (TPSA) is 215 Å². The lowest BCUT2D eigenvalue weighted by molar-refractivity contribution is -0.142. The van der Waals surface area contributed by atoms with Crippen LogP contribution in [0.1, 0.15) is 90.0 Å². The van der Waals surface area contributed by atoms with E-state index in [2.05, 4.69) is 27.3 Å². The van der Waals surface area contributed by atoms with Crippen molar-refractivity contribution in [2.45, 2.75) is 120 Å². The molecule has 0 spiro atoms. The van der Waals surface area contributed by atoms with E-state index in [9.17, 15) is 32.7 Å². The van der Waals surface area contributed by atoms with Crippen molar-refractivity contribution < 1.29 is 46.9 Å². The Morgan fingerprint density at radius 3 is 2.56 bits per heavy atom. The van der Waals surface area contributed by atoms with Gasteiger partial charge < -0.3 is 40.2 Å². The lowest BCUT2D eigenvalue weighted by Gasteiger charge is -2.35. The van der Waals surface area contributed by atoms with Crippen LogP contribution in [0.25, 0.3) is 10.9 Å². The number of ether oxygens (including phenoxy) is 3. The van der Waals surface area contributed by atoms with Gasteiger partial charge in [-0.1, -0.05) is 39.2 Å². The van der Waals surface area contributed by atoms with Gasteiger partial charge in [0.25, 0.3) is 5.91 Å². The lowest BCUT2D eigenvalue weighted by atomic mass is 9.83. The highest BCUT2D eigenvalue weighted by Gasteiger charge is 2.62. The van der Waals surface area contributed by atoms with Crippen LogP contribution in [0.3, 0.4) is 0 Å². The third kappa shape index (κ3) is 9.40. The highest BCUT2D eigenvalue weighted by atomic mass is 32.2. The van der Waals surface area contributed by atoms with E-state index in [4.69, 9.17) is 19.2 Å². The van der Waals surface area contributed by atoms with Crippen molar-refractivity contribution in [3.05, 3.63) is 36.4 Å². The van der Waals surface area contributed by atoms with Gasteiger partial charge in [0.2, 0.25) is 21.8 Å².